The van der Waals surface area contributed by atoms with Crippen LogP contribution in [0.4, 0.5) is 0 Å². The van der Waals surface area contributed by atoms with E-state index in [0.29, 0.717) is 0 Å². The number of piperidine rings is 1. The standard InChI is InChI=1S/C24H30N2O2S.C6H8O7/c1-2-28-18-24(11-10-19-6-4-3-5-7-19)12-14-26(15-13-24)17-20-8-9-21-22(16-20)29-23(27)25-21;7-3(8)1-6(13,5(11)12)2-4(9)10/h3-9,16H,2,10-15,17-18H2,1H3,(H,25,27);13H,1-2H2,(H,7,8)(H,9,10)(H,11,12). The molecule has 0 spiro atoms. The Hall–Kier alpha value is -3.58. The molecule has 1 saturated heterocycles. The lowest BCUT2D eigenvalue weighted by atomic mass is 9.74. The number of fused-ring (bicyclic) bond motifs is 1. The predicted molar refractivity (Wildman–Crippen MR) is 158 cm³/mol. The van der Waals surface area contributed by atoms with E-state index < -0.39 is 36.4 Å². The van der Waals surface area contributed by atoms with Crippen molar-refractivity contribution < 1.29 is 39.5 Å². The van der Waals surface area contributed by atoms with Gasteiger partial charge in [-0.25, -0.2) is 4.79 Å². The first kappa shape index (κ1) is 32.9. The maximum Gasteiger partial charge on any atom is 0.336 e. The maximum atomic E-state index is 11.6. The minimum atomic E-state index is -2.74. The van der Waals surface area contributed by atoms with Crippen LogP contribution in [0.2, 0.25) is 0 Å². The molecular weight excluding hydrogens is 564 g/mol. The van der Waals surface area contributed by atoms with Gasteiger partial charge in [-0.1, -0.05) is 47.7 Å². The highest BCUT2D eigenvalue weighted by Crippen LogP contribution is 2.37. The van der Waals surface area contributed by atoms with E-state index in [2.05, 4.69) is 59.3 Å². The molecule has 1 fully saturated rings. The molecule has 0 radical (unpaired) electrons. The summed E-state index contributed by atoms with van der Waals surface area (Å²) in [6, 6.07) is 17.1. The molecule has 0 unspecified atom stereocenters. The molecule has 5 N–H and O–H groups in total. The normalized spacial score (nSPS) is 15.1. The van der Waals surface area contributed by atoms with Crippen molar-refractivity contribution in [2.45, 2.75) is 57.6 Å². The molecular formula is C30H38N2O9S. The number of hydrogen-bond acceptors (Lipinski definition) is 8. The summed E-state index contributed by atoms with van der Waals surface area (Å²) < 4.78 is 6.97. The zero-order valence-electron chi connectivity index (χ0n) is 23.6. The number of benzene rings is 2. The zero-order chi connectivity index (χ0) is 30.8. The largest absolute Gasteiger partial charge is 0.481 e. The fraction of sp³-hybridized carbons (Fsp3) is 0.467. The second kappa shape index (κ2) is 15.1. The van der Waals surface area contributed by atoms with E-state index in [0.717, 1.165) is 49.5 Å². The first-order valence-electron chi connectivity index (χ1n) is 13.8. The van der Waals surface area contributed by atoms with E-state index in [1.54, 1.807) is 0 Å². The Morgan fingerprint density at radius 3 is 2.21 bits per heavy atom. The minimum absolute atomic E-state index is 0.0225. The minimum Gasteiger partial charge on any atom is -0.481 e. The highest BCUT2D eigenvalue weighted by molar-refractivity contribution is 7.16. The van der Waals surface area contributed by atoms with Crippen LogP contribution in [0.25, 0.3) is 10.2 Å². The molecule has 1 aliphatic heterocycles. The van der Waals surface area contributed by atoms with Gasteiger partial charge in [0.2, 0.25) is 0 Å². The van der Waals surface area contributed by atoms with Gasteiger partial charge >= 0.3 is 22.8 Å². The second-order valence-electron chi connectivity index (χ2n) is 10.7. The Labute approximate surface area is 247 Å². The van der Waals surface area contributed by atoms with Gasteiger partial charge in [0.25, 0.3) is 0 Å². The van der Waals surface area contributed by atoms with Gasteiger partial charge in [-0.2, -0.15) is 0 Å². The van der Waals surface area contributed by atoms with E-state index in [1.165, 1.54) is 41.7 Å². The molecule has 0 saturated carbocycles. The molecule has 12 heteroatoms. The van der Waals surface area contributed by atoms with Crippen LogP contribution in [0.15, 0.2) is 53.3 Å². The van der Waals surface area contributed by atoms with Crippen LogP contribution in [0.3, 0.4) is 0 Å². The summed E-state index contributed by atoms with van der Waals surface area (Å²) >= 11 is 1.30. The summed E-state index contributed by atoms with van der Waals surface area (Å²) in [5.41, 5.74) is 1.20. The van der Waals surface area contributed by atoms with Crippen LogP contribution in [-0.2, 0) is 32.1 Å². The quantitative estimate of drug-likeness (QED) is 0.194. The summed E-state index contributed by atoms with van der Waals surface area (Å²) in [4.78, 5) is 47.5. The number of carboxylic acids is 3. The maximum absolute atomic E-state index is 11.6. The number of rotatable bonds is 13. The van der Waals surface area contributed by atoms with Crippen LogP contribution in [0, 0.1) is 5.41 Å². The van der Waals surface area contributed by atoms with Crippen molar-refractivity contribution in [2.75, 3.05) is 26.3 Å². The molecule has 0 atom stereocenters. The highest BCUT2D eigenvalue weighted by atomic mass is 32.1. The topological polar surface area (TPSA) is 177 Å². The molecule has 2 aromatic carbocycles. The predicted octanol–water partition coefficient (Wildman–Crippen LogP) is 3.59. The third kappa shape index (κ3) is 9.76. The number of aryl methyl sites for hydroxylation is 1. The van der Waals surface area contributed by atoms with Gasteiger partial charge in [-0.15, -0.1) is 0 Å². The highest BCUT2D eigenvalue weighted by Gasteiger charge is 2.40. The number of aliphatic hydroxyl groups is 1. The molecule has 0 bridgehead atoms. The average molecular weight is 603 g/mol. The van der Waals surface area contributed by atoms with Gasteiger partial charge in [-0.05, 0) is 74.4 Å². The molecule has 3 aromatic rings. The van der Waals surface area contributed by atoms with E-state index in [4.69, 9.17) is 25.2 Å². The van der Waals surface area contributed by atoms with Crippen LogP contribution in [0.5, 0.6) is 0 Å². The number of hydrogen-bond donors (Lipinski definition) is 5. The lowest BCUT2D eigenvalue weighted by Gasteiger charge is -2.42. The number of H-pyrrole nitrogens is 1. The first-order chi connectivity index (χ1) is 19.9. The van der Waals surface area contributed by atoms with Gasteiger partial charge in [-0.3, -0.25) is 19.3 Å². The molecule has 11 nitrogen and oxygen atoms in total. The van der Waals surface area contributed by atoms with Gasteiger partial charge in [0.15, 0.2) is 5.60 Å². The van der Waals surface area contributed by atoms with E-state index in [-0.39, 0.29) is 10.3 Å². The second-order valence-corrected chi connectivity index (χ2v) is 11.7. The summed E-state index contributed by atoms with van der Waals surface area (Å²) in [5, 5.41) is 33.8. The molecule has 0 amide bonds. The summed E-state index contributed by atoms with van der Waals surface area (Å²) in [5.74, 6) is -5.02. The van der Waals surface area contributed by atoms with Gasteiger partial charge in [0, 0.05) is 13.2 Å². The summed E-state index contributed by atoms with van der Waals surface area (Å²) in [7, 11) is 0. The molecule has 0 aliphatic carbocycles. The van der Waals surface area contributed by atoms with Crippen LogP contribution < -0.4 is 4.87 Å². The zero-order valence-corrected chi connectivity index (χ0v) is 24.4. The number of carboxylic acid groups (broad SMARTS) is 3. The van der Waals surface area contributed by atoms with E-state index in [1.807, 2.05) is 6.07 Å². The number of carbonyl (C=O) groups is 3. The summed E-state index contributed by atoms with van der Waals surface area (Å²) in [6.45, 7) is 6.90. The smallest absolute Gasteiger partial charge is 0.336 e. The molecule has 4 rings (SSSR count). The van der Waals surface area contributed by atoms with Crippen LogP contribution in [-0.4, -0.2) is 80.1 Å². The number of aromatic nitrogens is 1. The fourth-order valence-electron chi connectivity index (χ4n) is 5.09. The van der Waals surface area contributed by atoms with Crippen molar-refractivity contribution in [1.29, 1.82) is 0 Å². The third-order valence-corrected chi connectivity index (χ3v) is 8.34. The lowest BCUT2D eigenvalue weighted by molar-refractivity contribution is -0.170. The molecule has 1 aromatic heterocycles. The number of likely N-dealkylation sites (tertiary alicyclic amines) is 1. The Morgan fingerprint density at radius 2 is 1.64 bits per heavy atom. The van der Waals surface area contributed by atoms with Crippen molar-refractivity contribution in [3.63, 3.8) is 0 Å². The Balaban J connectivity index is 0.000000316. The number of thiazole rings is 1. The fourth-order valence-corrected chi connectivity index (χ4v) is 5.89. The van der Waals surface area contributed by atoms with Crippen LogP contribution in [0.1, 0.15) is 50.2 Å². The Bertz CT molecular complexity index is 1380. The molecule has 2 heterocycles. The van der Waals surface area contributed by atoms with Crippen molar-refractivity contribution in [1.82, 2.24) is 9.88 Å². The van der Waals surface area contributed by atoms with Crippen LogP contribution >= 0.6 is 11.3 Å². The molecule has 1 aliphatic rings. The number of ether oxygens (including phenoxy) is 1. The monoisotopic (exact) mass is 602 g/mol. The summed E-state index contributed by atoms with van der Waals surface area (Å²) in [6.07, 6.45) is 2.38. The van der Waals surface area contributed by atoms with Gasteiger partial charge in [0.1, 0.15) is 0 Å². The SMILES string of the molecule is CCOCC1(CCc2ccccc2)CCN(Cc2ccc3[nH]c(=O)sc3c2)CC1.O=C(O)CC(O)(CC(=O)O)C(=O)O. The van der Waals surface area contributed by atoms with Crippen molar-refractivity contribution >= 4 is 39.5 Å². The van der Waals surface area contributed by atoms with Gasteiger partial charge in [0.05, 0.1) is 29.7 Å². The molecule has 228 valence electrons. The van der Waals surface area contributed by atoms with Crippen molar-refractivity contribution in [3.8, 4) is 0 Å². The lowest BCUT2D eigenvalue weighted by Crippen LogP contribution is -2.42. The van der Waals surface area contributed by atoms with Crippen molar-refractivity contribution in [3.05, 3.63) is 69.3 Å². The van der Waals surface area contributed by atoms with Crippen molar-refractivity contribution in [2.24, 2.45) is 5.41 Å². The Kier molecular flexibility index (Phi) is 11.8. The first-order valence-corrected chi connectivity index (χ1v) is 14.6. The Morgan fingerprint density at radius 1 is 1.00 bits per heavy atom. The number of nitrogens with zero attached hydrogens (tertiary/aromatic N) is 1. The van der Waals surface area contributed by atoms with E-state index >= 15 is 0 Å². The third-order valence-electron chi connectivity index (χ3n) is 7.49. The number of aliphatic carboxylic acids is 3. The van der Waals surface area contributed by atoms with Gasteiger partial charge < -0.3 is 30.1 Å². The average Bonchev–Trinajstić information content (AvgIpc) is 3.31. The van der Waals surface area contributed by atoms with E-state index in [9.17, 15) is 19.2 Å². The number of nitrogens with one attached hydrogen (secondary N) is 1. The number of aromatic amines is 1. The molecule has 42 heavy (non-hydrogen) atoms.